The number of hydrogen-bond acceptors (Lipinski definition) is 4. The third-order valence-corrected chi connectivity index (χ3v) is 7.24. The van der Waals surface area contributed by atoms with Crippen LogP contribution in [0.5, 0.6) is 0 Å². The molecule has 1 amide bonds. The van der Waals surface area contributed by atoms with Gasteiger partial charge in [0.15, 0.2) is 0 Å². The topological polar surface area (TPSA) is 78.8 Å². The second kappa shape index (κ2) is 7.31. The van der Waals surface area contributed by atoms with E-state index < -0.39 is 15.7 Å². The van der Waals surface area contributed by atoms with Crippen LogP contribution >= 0.6 is 11.6 Å². The molecule has 28 heavy (non-hydrogen) atoms. The van der Waals surface area contributed by atoms with Crippen LogP contribution in [0.2, 0.25) is 5.02 Å². The van der Waals surface area contributed by atoms with Gasteiger partial charge in [-0.2, -0.15) is 0 Å². The number of rotatable bonds is 4. The second-order valence-corrected chi connectivity index (χ2v) is 9.50. The van der Waals surface area contributed by atoms with E-state index in [1.165, 1.54) is 4.31 Å². The van der Waals surface area contributed by atoms with Gasteiger partial charge in [-0.3, -0.25) is 9.79 Å². The minimum Gasteiger partial charge on any atom is -0.326 e. The third-order valence-electron chi connectivity index (χ3n) is 5.14. The summed E-state index contributed by atoms with van der Waals surface area (Å²) >= 11 is 5.91. The number of carbonyl (C=O) groups is 1. The average molecular weight is 418 g/mol. The zero-order valence-corrected chi connectivity index (χ0v) is 16.7. The Hall–Kier alpha value is -2.22. The molecular weight excluding hydrogens is 398 g/mol. The summed E-state index contributed by atoms with van der Waals surface area (Å²) in [6, 6.07) is 16.1. The van der Waals surface area contributed by atoms with E-state index in [-0.39, 0.29) is 11.7 Å². The number of halogens is 1. The lowest BCUT2D eigenvalue weighted by Gasteiger charge is -2.36. The molecule has 0 unspecified atom stereocenters. The summed E-state index contributed by atoms with van der Waals surface area (Å²) in [7, 11) is -3.41. The van der Waals surface area contributed by atoms with Crippen molar-refractivity contribution in [3.63, 3.8) is 0 Å². The van der Waals surface area contributed by atoms with Gasteiger partial charge in [0, 0.05) is 36.5 Å². The number of benzene rings is 2. The molecule has 1 fully saturated rings. The number of amides is 1. The first-order valence-electron chi connectivity index (χ1n) is 9.07. The summed E-state index contributed by atoms with van der Waals surface area (Å²) in [4.78, 5) is 17.1. The minimum atomic E-state index is -3.41. The molecule has 4 rings (SSSR count). The van der Waals surface area contributed by atoms with Gasteiger partial charge in [0.2, 0.25) is 10.0 Å². The Bertz CT molecular complexity index is 1010. The molecule has 6 nitrogen and oxygen atoms in total. The molecule has 2 heterocycles. The highest BCUT2D eigenvalue weighted by atomic mass is 35.5. The molecule has 2 aliphatic rings. The molecule has 146 valence electrons. The first-order chi connectivity index (χ1) is 13.4. The van der Waals surface area contributed by atoms with Crippen LogP contribution in [0, 0.1) is 0 Å². The number of carbonyl (C=O) groups excluding carboxylic acids is 1. The Labute approximate surface area is 169 Å². The maximum atomic E-state index is 12.7. The highest BCUT2D eigenvalue weighted by Gasteiger charge is 2.44. The quantitative estimate of drug-likeness (QED) is 0.830. The lowest BCUT2D eigenvalue weighted by atomic mass is 10.00. The van der Waals surface area contributed by atoms with E-state index in [1.807, 2.05) is 30.3 Å². The molecule has 2 aliphatic heterocycles. The first kappa shape index (κ1) is 19.1. The molecular formula is C20H20ClN3O3S. The first-order valence-corrected chi connectivity index (χ1v) is 11.1. The van der Waals surface area contributed by atoms with Crippen molar-refractivity contribution < 1.29 is 13.2 Å². The average Bonchev–Trinajstić information content (AvgIpc) is 2.99. The Morgan fingerprint density at radius 2 is 1.68 bits per heavy atom. The van der Waals surface area contributed by atoms with Crippen LogP contribution in [0.3, 0.4) is 0 Å². The van der Waals surface area contributed by atoms with Crippen LogP contribution in [0.15, 0.2) is 59.6 Å². The molecule has 1 saturated heterocycles. The van der Waals surface area contributed by atoms with Crippen LogP contribution in [0.25, 0.3) is 0 Å². The van der Waals surface area contributed by atoms with Crippen molar-refractivity contribution in [3.05, 3.63) is 70.7 Å². The molecule has 0 saturated carbocycles. The Morgan fingerprint density at radius 3 is 2.32 bits per heavy atom. The number of sulfonamides is 1. The Balaban J connectivity index is 1.47. The normalized spacial score (nSPS) is 19.5. The van der Waals surface area contributed by atoms with E-state index in [2.05, 4.69) is 10.3 Å². The molecule has 2 aromatic carbocycles. The zero-order chi connectivity index (χ0) is 19.8. The van der Waals surface area contributed by atoms with Gasteiger partial charge in [-0.1, -0.05) is 54.1 Å². The molecule has 0 aromatic heterocycles. The van der Waals surface area contributed by atoms with Crippen molar-refractivity contribution in [2.24, 2.45) is 4.99 Å². The molecule has 8 heteroatoms. The van der Waals surface area contributed by atoms with Gasteiger partial charge in [-0.05, 0) is 17.7 Å². The predicted molar refractivity (Wildman–Crippen MR) is 109 cm³/mol. The Morgan fingerprint density at radius 1 is 1.04 bits per heavy atom. The molecule has 0 bridgehead atoms. The highest BCUT2D eigenvalue weighted by molar-refractivity contribution is 7.88. The van der Waals surface area contributed by atoms with Crippen LogP contribution in [-0.4, -0.2) is 43.1 Å². The molecule has 2 aromatic rings. The van der Waals surface area contributed by atoms with Gasteiger partial charge in [0.25, 0.3) is 5.91 Å². The van der Waals surface area contributed by atoms with Crippen molar-refractivity contribution in [1.82, 2.24) is 9.62 Å². The van der Waals surface area contributed by atoms with Gasteiger partial charge < -0.3 is 5.32 Å². The minimum absolute atomic E-state index is 0.0213. The monoisotopic (exact) mass is 417 g/mol. The number of aliphatic imine (C=N–C) groups is 1. The third kappa shape index (κ3) is 3.83. The fraction of sp³-hybridized carbons (Fsp3) is 0.300. The predicted octanol–water partition coefficient (Wildman–Crippen LogP) is 2.58. The number of hydrogen-bond donors (Lipinski definition) is 1. The molecule has 1 spiro atoms. The van der Waals surface area contributed by atoms with Gasteiger partial charge in [0.05, 0.1) is 5.75 Å². The second-order valence-electron chi connectivity index (χ2n) is 7.09. The highest BCUT2D eigenvalue weighted by Crippen LogP contribution is 2.30. The van der Waals surface area contributed by atoms with Crippen molar-refractivity contribution >= 4 is 33.2 Å². The van der Waals surface area contributed by atoms with Gasteiger partial charge in [0.1, 0.15) is 11.4 Å². The van der Waals surface area contributed by atoms with E-state index in [0.717, 1.165) is 5.56 Å². The molecule has 1 N–H and O–H groups in total. The van der Waals surface area contributed by atoms with Crippen molar-refractivity contribution in [2.45, 2.75) is 24.3 Å². The number of piperidine rings is 1. The smallest absolute Gasteiger partial charge is 0.272 e. The summed E-state index contributed by atoms with van der Waals surface area (Å²) in [5.74, 6) is -0.255. The largest absolute Gasteiger partial charge is 0.326 e. The van der Waals surface area contributed by atoms with E-state index in [9.17, 15) is 13.2 Å². The lowest BCUT2D eigenvalue weighted by molar-refractivity contribution is -0.115. The van der Waals surface area contributed by atoms with E-state index >= 15 is 0 Å². The van der Waals surface area contributed by atoms with E-state index in [4.69, 9.17) is 11.6 Å². The fourth-order valence-corrected chi connectivity index (χ4v) is 5.28. The number of nitrogens with one attached hydrogen (secondary N) is 1. The van der Waals surface area contributed by atoms with Crippen LogP contribution in [-0.2, 0) is 20.6 Å². The number of nitrogens with zero attached hydrogens (tertiary/aromatic N) is 2. The molecule has 0 aliphatic carbocycles. The summed E-state index contributed by atoms with van der Waals surface area (Å²) < 4.78 is 27.0. The summed E-state index contributed by atoms with van der Waals surface area (Å²) in [6.07, 6.45) is 0.897. The van der Waals surface area contributed by atoms with Crippen molar-refractivity contribution in [2.75, 3.05) is 13.1 Å². The van der Waals surface area contributed by atoms with E-state index in [1.54, 1.807) is 24.3 Å². The van der Waals surface area contributed by atoms with E-state index in [0.29, 0.717) is 42.2 Å². The standard InChI is InChI=1S/C20H20ClN3O3S/c21-17-8-6-16(7-9-17)18-19(25)23-20(22-18)10-12-24(13-11-20)28(26,27)14-15-4-2-1-3-5-15/h1-9H,10-14H2,(H,23,25). The molecule has 0 atom stereocenters. The Kier molecular flexibility index (Phi) is 4.99. The van der Waals surface area contributed by atoms with Crippen LogP contribution in [0.1, 0.15) is 24.0 Å². The maximum Gasteiger partial charge on any atom is 0.272 e. The van der Waals surface area contributed by atoms with Crippen molar-refractivity contribution in [1.29, 1.82) is 0 Å². The summed E-state index contributed by atoms with van der Waals surface area (Å²) in [5.41, 5.74) is 1.11. The van der Waals surface area contributed by atoms with Gasteiger partial charge >= 0.3 is 0 Å². The molecule has 0 radical (unpaired) electrons. The van der Waals surface area contributed by atoms with Crippen LogP contribution in [0.4, 0.5) is 0 Å². The zero-order valence-electron chi connectivity index (χ0n) is 15.1. The summed E-state index contributed by atoms with van der Waals surface area (Å²) in [5, 5.41) is 3.55. The van der Waals surface area contributed by atoms with Crippen LogP contribution < -0.4 is 5.32 Å². The SMILES string of the molecule is O=C1NC2(CCN(S(=O)(=O)Cc3ccccc3)CC2)N=C1c1ccc(Cl)cc1. The maximum absolute atomic E-state index is 12.7. The summed E-state index contributed by atoms with van der Waals surface area (Å²) in [6.45, 7) is 0.652. The fourth-order valence-electron chi connectivity index (χ4n) is 3.61. The lowest BCUT2D eigenvalue weighted by Crippen LogP contribution is -2.52. The van der Waals surface area contributed by atoms with Gasteiger partial charge in [-0.25, -0.2) is 12.7 Å². The van der Waals surface area contributed by atoms with Crippen molar-refractivity contribution in [3.8, 4) is 0 Å². The van der Waals surface area contributed by atoms with Gasteiger partial charge in [-0.15, -0.1) is 0 Å².